The fourth-order valence-corrected chi connectivity index (χ4v) is 1.40. The van der Waals surface area contributed by atoms with Crippen molar-refractivity contribution in [2.24, 2.45) is 5.73 Å². The Labute approximate surface area is 91.4 Å². The second-order valence-corrected chi connectivity index (χ2v) is 4.01. The molecule has 1 aromatic heterocycles. The van der Waals surface area contributed by atoms with Crippen LogP contribution in [-0.2, 0) is 0 Å². The summed E-state index contributed by atoms with van der Waals surface area (Å²) >= 11 is 0. The first-order valence-electron chi connectivity index (χ1n) is 5.58. The molecule has 1 unspecified atom stereocenters. The van der Waals surface area contributed by atoms with E-state index < -0.39 is 0 Å². The summed E-state index contributed by atoms with van der Waals surface area (Å²) in [6.07, 6.45) is 5.85. The number of nitrogens with two attached hydrogens (primary N) is 1. The van der Waals surface area contributed by atoms with E-state index in [4.69, 9.17) is 10.5 Å². The normalized spacial score (nSPS) is 13.1. The van der Waals surface area contributed by atoms with E-state index in [1.165, 1.54) is 0 Å². The lowest BCUT2D eigenvalue weighted by molar-refractivity contribution is 0.197. The second kappa shape index (κ2) is 5.75. The van der Waals surface area contributed by atoms with Crippen molar-refractivity contribution in [3.63, 3.8) is 0 Å². The van der Waals surface area contributed by atoms with Crippen LogP contribution in [0.4, 0.5) is 0 Å². The van der Waals surface area contributed by atoms with Gasteiger partial charge in [0.15, 0.2) is 5.75 Å². The van der Waals surface area contributed by atoms with Gasteiger partial charge in [0, 0.05) is 12.6 Å². The number of nitrogens with zero attached hydrogens (tertiary/aromatic N) is 2. The van der Waals surface area contributed by atoms with Gasteiger partial charge in [0.1, 0.15) is 6.10 Å². The Kier molecular flexibility index (Phi) is 4.62. The van der Waals surface area contributed by atoms with E-state index in [2.05, 4.69) is 25.9 Å². The van der Waals surface area contributed by atoms with Crippen molar-refractivity contribution in [2.75, 3.05) is 6.54 Å². The van der Waals surface area contributed by atoms with Crippen LogP contribution in [0.2, 0.25) is 0 Å². The number of hydrogen-bond acceptors (Lipinski definition) is 3. The first-order chi connectivity index (χ1) is 7.17. The van der Waals surface area contributed by atoms with Gasteiger partial charge in [-0.05, 0) is 20.3 Å². The number of hydrogen-bond donors (Lipinski definition) is 1. The molecule has 1 atom stereocenters. The maximum absolute atomic E-state index is 5.73. The average Bonchev–Trinajstić information content (AvgIpc) is 2.65. The zero-order valence-corrected chi connectivity index (χ0v) is 9.81. The van der Waals surface area contributed by atoms with Crippen molar-refractivity contribution in [3.8, 4) is 5.75 Å². The highest BCUT2D eigenvalue weighted by Crippen LogP contribution is 2.15. The SMILES string of the molecule is CCCC(CN)Oc1cnn(C(C)C)c1. The first kappa shape index (κ1) is 12.0. The minimum absolute atomic E-state index is 0.111. The van der Waals surface area contributed by atoms with Crippen LogP contribution >= 0.6 is 0 Å². The van der Waals surface area contributed by atoms with Crippen LogP contribution < -0.4 is 10.5 Å². The van der Waals surface area contributed by atoms with E-state index in [9.17, 15) is 0 Å². The van der Waals surface area contributed by atoms with E-state index in [1.54, 1.807) is 6.20 Å². The lowest BCUT2D eigenvalue weighted by atomic mass is 10.2. The highest BCUT2D eigenvalue weighted by Gasteiger charge is 2.09. The Morgan fingerprint density at radius 2 is 2.27 bits per heavy atom. The summed E-state index contributed by atoms with van der Waals surface area (Å²) in [5.74, 6) is 0.813. The summed E-state index contributed by atoms with van der Waals surface area (Å²) in [6, 6.07) is 0.366. The van der Waals surface area contributed by atoms with Gasteiger partial charge in [-0.15, -0.1) is 0 Å². The number of ether oxygens (including phenoxy) is 1. The summed E-state index contributed by atoms with van der Waals surface area (Å²) in [4.78, 5) is 0. The lowest BCUT2D eigenvalue weighted by Gasteiger charge is -2.14. The van der Waals surface area contributed by atoms with Gasteiger partial charge >= 0.3 is 0 Å². The third-order valence-electron chi connectivity index (χ3n) is 2.28. The molecule has 0 fully saturated rings. The third kappa shape index (κ3) is 3.55. The molecule has 0 saturated heterocycles. The minimum Gasteiger partial charge on any atom is -0.486 e. The molecule has 0 radical (unpaired) electrons. The highest BCUT2D eigenvalue weighted by atomic mass is 16.5. The molecular weight excluding hydrogens is 190 g/mol. The van der Waals surface area contributed by atoms with Gasteiger partial charge in [0.05, 0.1) is 12.4 Å². The monoisotopic (exact) mass is 211 g/mol. The van der Waals surface area contributed by atoms with E-state index in [1.807, 2.05) is 10.9 Å². The van der Waals surface area contributed by atoms with Gasteiger partial charge < -0.3 is 10.5 Å². The van der Waals surface area contributed by atoms with Gasteiger partial charge in [-0.2, -0.15) is 5.10 Å². The Balaban J connectivity index is 2.55. The predicted molar refractivity (Wildman–Crippen MR) is 61.0 cm³/mol. The molecule has 15 heavy (non-hydrogen) atoms. The minimum atomic E-state index is 0.111. The standard InChI is InChI=1S/C11H21N3O/c1-4-5-10(6-12)15-11-7-13-14(8-11)9(2)3/h7-10H,4-6,12H2,1-3H3. The molecule has 86 valence electrons. The molecule has 4 nitrogen and oxygen atoms in total. The van der Waals surface area contributed by atoms with Crippen LogP contribution in [0.1, 0.15) is 39.7 Å². The van der Waals surface area contributed by atoms with Gasteiger partial charge in [-0.1, -0.05) is 13.3 Å². The molecule has 1 aromatic rings. The van der Waals surface area contributed by atoms with Crippen LogP contribution in [0.15, 0.2) is 12.4 Å². The topological polar surface area (TPSA) is 53.1 Å². The molecule has 0 spiro atoms. The van der Waals surface area contributed by atoms with Gasteiger partial charge in [-0.3, -0.25) is 4.68 Å². The molecule has 0 bridgehead atoms. The van der Waals surface area contributed by atoms with Crippen LogP contribution in [0, 0.1) is 0 Å². The fraction of sp³-hybridized carbons (Fsp3) is 0.727. The summed E-state index contributed by atoms with van der Waals surface area (Å²) < 4.78 is 7.61. The van der Waals surface area contributed by atoms with E-state index in [-0.39, 0.29) is 6.10 Å². The predicted octanol–water partition coefficient (Wildman–Crippen LogP) is 1.97. The summed E-state index contributed by atoms with van der Waals surface area (Å²) in [5.41, 5.74) is 5.62. The van der Waals surface area contributed by atoms with E-state index in [0.717, 1.165) is 18.6 Å². The summed E-state index contributed by atoms with van der Waals surface area (Å²) in [7, 11) is 0. The lowest BCUT2D eigenvalue weighted by Crippen LogP contribution is -2.26. The highest BCUT2D eigenvalue weighted by molar-refractivity contribution is 5.12. The second-order valence-electron chi connectivity index (χ2n) is 4.01. The zero-order chi connectivity index (χ0) is 11.3. The smallest absolute Gasteiger partial charge is 0.157 e. The molecule has 4 heteroatoms. The maximum atomic E-state index is 5.73. The largest absolute Gasteiger partial charge is 0.486 e. The van der Waals surface area contributed by atoms with Crippen molar-refractivity contribution < 1.29 is 4.74 Å². The van der Waals surface area contributed by atoms with E-state index in [0.29, 0.717) is 12.6 Å². The average molecular weight is 211 g/mol. The molecule has 0 aliphatic carbocycles. The molecular formula is C11H21N3O. The number of aromatic nitrogens is 2. The molecule has 1 heterocycles. The van der Waals surface area contributed by atoms with Crippen molar-refractivity contribution in [2.45, 2.75) is 45.8 Å². The maximum Gasteiger partial charge on any atom is 0.157 e. The molecule has 0 amide bonds. The van der Waals surface area contributed by atoms with Crippen LogP contribution in [0.25, 0.3) is 0 Å². The quantitative estimate of drug-likeness (QED) is 0.782. The van der Waals surface area contributed by atoms with Gasteiger partial charge in [-0.25, -0.2) is 0 Å². The van der Waals surface area contributed by atoms with Crippen molar-refractivity contribution in [1.29, 1.82) is 0 Å². The summed E-state index contributed by atoms with van der Waals surface area (Å²) in [5, 5.41) is 4.21. The van der Waals surface area contributed by atoms with E-state index >= 15 is 0 Å². The Bertz CT molecular complexity index is 283. The molecule has 0 aliphatic heterocycles. The molecule has 0 aliphatic rings. The zero-order valence-electron chi connectivity index (χ0n) is 9.81. The molecule has 1 rings (SSSR count). The Hall–Kier alpha value is -1.03. The first-order valence-corrected chi connectivity index (χ1v) is 5.58. The van der Waals surface area contributed by atoms with Crippen molar-refractivity contribution in [3.05, 3.63) is 12.4 Å². The molecule has 2 N–H and O–H groups in total. The Morgan fingerprint density at radius 1 is 1.53 bits per heavy atom. The molecule has 0 aromatic carbocycles. The van der Waals surface area contributed by atoms with Crippen LogP contribution in [0.5, 0.6) is 5.75 Å². The Morgan fingerprint density at radius 3 is 2.73 bits per heavy atom. The molecule has 0 saturated carbocycles. The van der Waals surface area contributed by atoms with Gasteiger partial charge in [0.2, 0.25) is 0 Å². The number of rotatable bonds is 6. The summed E-state index contributed by atoms with van der Waals surface area (Å²) in [6.45, 7) is 6.86. The van der Waals surface area contributed by atoms with Gasteiger partial charge in [0.25, 0.3) is 0 Å². The van der Waals surface area contributed by atoms with Crippen molar-refractivity contribution >= 4 is 0 Å². The fourth-order valence-electron chi connectivity index (χ4n) is 1.40. The third-order valence-corrected chi connectivity index (χ3v) is 2.28. The van der Waals surface area contributed by atoms with Crippen LogP contribution in [-0.4, -0.2) is 22.4 Å². The van der Waals surface area contributed by atoms with Crippen molar-refractivity contribution in [1.82, 2.24) is 9.78 Å². The van der Waals surface area contributed by atoms with Crippen LogP contribution in [0.3, 0.4) is 0 Å².